The van der Waals surface area contributed by atoms with Crippen molar-refractivity contribution in [1.82, 2.24) is 5.32 Å². The fourth-order valence-corrected chi connectivity index (χ4v) is 2.03. The number of carbonyl (C=O) groups excluding carboxylic acids is 1. The van der Waals surface area contributed by atoms with Crippen LogP contribution >= 0.6 is 0 Å². The number of carbonyl (C=O) groups is 2. The average molecular weight is 291 g/mol. The number of nitrogens with one attached hydrogen (secondary N) is 1. The van der Waals surface area contributed by atoms with Gasteiger partial charge in [0.2, 0.25) is 5.91 Å². The molecule has 2 N–H and O–H groups in total. The first kappa shape index (κ1) is 17.2. The number of carboxylic acids is 1. The van der Waals surface area contributed by atoms with E-state index in [1.165, 1.54) is 5.56 Å². The van der Waals surface area contributed by atoms with Crippen molar-refractivity contribution in [2.24, 2.45) is 5.92 Å². The van der Waals surface area contributed by atoms with Crippen molar-refractivity contribution >= 4 is 11.9 Å². The molecule has 4 heteroatoms. The second kappa shape index (κ2) is 7.81. The van der Waals surface area contributed by atoms with Crippen LogP contribution in [0.3, 0.4) is 0 Å². The minimum atomic E-state index is -0.896. The quantitative estimate of drug-likeness (QED) is 0.811. The molecule has 1 aromatic carbocycles. The molecule has 0 aromatic heterocycles. The van der Waals surface area contributed by atoms with Crippen molar-refractivity contribution in [3.05, 3.63) is 35.4 Å². The summed E-state index contributed by atoms with van der Waals surface area (Å²) in [4.78, 5) is 22.5. The van der Waals surface area contributed by atoms with Crippen LogP contribution in [0.15, 0.2) is 24.3 Å². The Balaban J connectivity index is 2.50. The van der Waals surface area contributed by atoms with E-state index in [1.54, 1.807) is 6.92 Å². The summed E-state index contributed by atoms with van der Waals surface area (Å²) in [6.45, 7) is 8.05. The number of hydrogen-bond acceptors (Lipinski definition) is 2. The molecule has 1 amide bonds. The third-order valence-electron chi connectivity index (χ3n) is 3.69. The van der Waals surface area contributed by atoms with Gasteiger partial charge in [-0.05, 0) is 23.0 Å². The highest BCUT2D eigenvalue weighted by Gasteiger charge is 2.15. The number of hydrogen-bond donors (Lipinski definition) is 2. The van der Waals surface area contributed by atoms with E-state index in [9.17, 15) is 9.59 Å². The summed E-state index contributed by atoms with van der Waals surface area (Å²) in [5.74, 6) is -0.952. The third kappa shape index (κ3) is 5.58. The molecule has 0 spiro atoms. The molecule has 0 saturated carbocycles. The van der Waals surface area contributed by atoms with Gasteiger partial charge >= 0.3 is 5.97 Å². The van der Waals surface area contributed by atoms with E-state index in [1.807, 2.05) is 6.92 Å². The zero-order valence-corrected chi connectivity index (χ0v) is 13.2. The normalized spacial score (nSPS) is 13.8. The van der Waals surface area contributed by atoms with Crippen molar-refractivity contribution in [2.75, 3.05) is 6.54 Å². The molecule has 0 aliphatic heterocycles. The third-order valence-corrected chi connectivity index (χ3v) is 3.69. The first-order valence-corrected chi connectivity index (χ1v) is 7.40. The van der Waals surface area contributed by atoms with Gasteiger partial charge in [-0.3, -0.25) is 9.59 Å². The molecule has 0 bridgehead atoms. The lowest BCUT2D eigenvalue weighted by molar-refractivity contribution is -0.141. The maximum absolute atomic E-state index is 11.8. The molecule has 0 aliphatic rings. The first-order valence-electron chi connectivity index (χ1n) is 7.40. The largest absolute Gasteiger partial charge is 0.481 e. The van der Waals surface area contributed by atoms with Crippen molar-refractivity contribution in [3.8, 4) is 0 Å². The van der Waals surface area contributed by atoms with Gasteiger partial charge in [-0.1, -0.05) is 52.0 Å². The summed E-state index contributed by atoms with van der Waals surface area (Å²) in [5.41, 5.74) is 2.41. The highest BCUT2D eigenvalue weighted by Crippen LogP contribution is 2.22. The Morgan fingerprint density at radius 1 is 1.05 bits per heavy atom. The minimum absolute atomic E-state index is 0.108. The molecule has 0 radical (unpaired) electrons. The van der Waals surface area contributed by atoms with Crippen LogP contribution in [0.4, 0.5) is 0 Å². The molecule has 1 aromatic rings. The fraction of sp³-hybridized carbons (Fsp3) is 0.529. The SMILES string of the molecule is CC(CNC(=O)CC(C)c1ccc(C(C)C)cc1)C(=O)O. The summed E-state index contributed by atoms with van der Waals surface area (Å²) >= 11 is 0. The van der Waals surface area contributed by atoms with Crippen LogP contribution in [0, 0.1) is 5.92 Å². The maximum atomic E-state index is 11.8. The lowest BCUT2D eigenvalue weighted by Gasteiger charge is -2.14. The van der Waals surface area contributed by atoms with Crippen molar-refractivity contribution in [1.29, 1.82) is 0 Å². The molecule has 116 valence electrons. The predicted octanol–water partition coefficient (Wildman–Crippen LogP) is 3.14. The highest BCUT2D eigenvalue weighted by molar-refractivity contribution is 5.78. The Kier molecular flexibility index (Phi) is 6.40. The molecular weight excluding hydrogens is 266 g/mol. The summed E-state index contributed by atoms with van der Waals surface area (Å²) in [6.07, 6.45) is 0.368. The molecule has 21 heavy (non-hydrogen) atoms. The lowest BCUT2D eigenvalue weighted by atomic mass is 9.94. The zero-order chi connectivity index (χ0) is 16.0. The number of aliphatic carboxylic acids is 1. The first-order chi connectivity index (χ1) is 9.81. The molecule has 2 atom stereocenters. The summed E-state index contributed by atoms with van der Waals surface area (Å²) in [6, 6.07) is 8.32. The van der Waals surface area contributed by atoms with Crippen molar-refractivity contribution < 1.29 is 14.7 Å². The Labute approximate surface area is 126 Å². The molecule has 0 fully saturated rings. The highest BCUT2D eigenvalue weighted by atomic mass is 16.4. The molecular formula is C17H25NO3. The average Bonchev–Trinajstić information content (AvgIpc) is 2.44. The summed E-state index contributed by atoms with van der Waals surface area (Å²) < 4.78 is 0. The van der Waals surface area contributed by atoms with E-state index in [0.717, 1.165) is 5.56 Å². The summed E-state index contributed by atoms with van der Waals surface area (Å²) in [7, 11) is 0. The van der Waals surface area contributed by atoms with Gasteiger partial charge in [0.25, 0.3) is 0 Å². The predicted molar refractivity (Wildman–Crippen MR) is 83.4 cm³/mol. The second-order valence-corrected chi connectivity index (χ2v) is 5.97. The molecule has 0 aliphatic carbocycles. The zero-order valence-electron chi connectivity index (χ0n) is 13.2. The van der Waals surface area contributed by atoms with E-state index in [-0.39, 0.29) is 18.4 Å². The van der Waals surface area contributed by atoms with Crippen LogP contribution in [0.5, 0.6) is 0 Å². The van der Waals surface area contributed by atoms with Gasteiger partial charge in [0, 0.05) is 13.0 Å². The standard InChI is InChI=1S/C17H25NO3/c1-11(2)14-5-7-15(8-6-14)12(3)9-16(19)18-10-13(4)17(20)21/h5-8,11-13H,9-10H2,1-4H3,(H,18,19)(H,20,21). The van der Waals surface area contributed by atoms with Crippen LogP contribution in [0.25, 0.3) is 0 Å². The van der Waals surface area contributed by atoms with Gasteiger partial charge in [-0.2, -0.15) is 0 Å². The van der Waals surface area contributed by atoms with E-state index in [2.05, 4.69) is 43.4 Å². The van der Waals surface area contributed by atoms with Gasteiger partial charge in [0.15, 0.2) is 0 Å². The van der Waals surface area contributed by atoms with Gasteiger partial charge < -0.3 is 10.4 Å². The maximum Gasteiger partial charge on any atom is 0.308 e. The monoisotopic (exact) mass is 291 g/mol. The van der Waals surface area contributed by atoms with Crippen LogP contribution in [0.2, 0.25) is 0 Å². The molecule has 0 heterocycles. The number of carboxylic acid groups (broad SMARTS) is 1. The van der Waals surface area contributed by atoms with Crippen LogP contribution in [-0.2, 0) is 9.59 Å². The molecule has 4 nitrogen and oxygen atoms in total. The van der Waals surface area contributed by atoms with E-state index < -0.39 is 11.9 Å². The Hall–Kier alpha value is -1.84. The number of amides is 1. The topological polar surface area (TPSA) is 66.4 Å². The van der Waals surface area contributed by atoms with Crippen molar-refractivity contribution in [3.63, 3.8) is 0 Å². The minimum Gasteiger partial charge on any atom is -0.481 e. The smallest absolute Gasteiger partial charge is 0.308 e. The van der Waals surface area contributed by atoms with E-state index in [0.29, 0.717) is 12.3 Å². The van der Waals surface area contributed by atoms with Gasteiger partial charge in [-0.15, -0.1) is 0 Å². The number of rotatable bonds is 7. The van der Waals surface area contributed by atoms with Gasteiger partial charge in [0.1, 0.15) is 0 Å². The van der Waals surface area contributed by atoms with E-state index in [4.69, 9.17) is 5.11 Å². The lowest BCUT2D eigenvalue weighted by Crippen LogP contribution is -2.32. The number of benzene rings is 1. The molecule has 0 saturated heterocycles. The molecule has 2 unspecified atom stereocenters. The van der Waals surface area contributed by atoms with Gasteiger partial charge in [0.05, 0.1) is 5.92 Å². The Morgan fingerprint density at radius 3 is 2.05 bits per heavy atom. The van der Waals surface area contributed by atoms with Crippen molar-refractivity contribution in [2.45, 2.75) is 46.0 Å². The Morgan fingerprint density at radius 2 is 1.57 bits per heavy atom. The fourth-order valence-electron chi connectivity index (χ4n) is 2.03. The van der Waals surface area contributed by atoms with Crippen LogP contribution in [0.1, 0.15) is 57.1 Å². The summed E-state index contributed by atoms with van der Waals surface area (Å²) in [5, 5.41) is 11.4. The Bertz CT molecular complexity index is 479. The van der Waals surface area contributed by atoms with Gasteiger partial charge in [-0.25, -0.2) is 0 Å². The van der Waals surface area contributed by atoms with E-state index >= 15 is 0 Å². The molecule has 1 rings (SSSR count). The second-order valence-electron chi connectivity index (χ2n) is 5.97. The van der Waals surface area contributed by atoms with Crippen LogP contribution < -0.4 is 5.32 Å². The van der Waals surface area contributed by atoms with Crippen LogP contribution in [-0.4, -0.2) is 23.5 Å².